The van der Waals surface area contributed by atoms with Crippen molar-refractivity contribution >= 4 is 16.0 Å². The van der Waals surface area contributed by atoms with E-state index in [2.05, 4.69) is 4.98 Å². The number of aromatic nitrogens is 1. The van der Waals surface area contributed by atoms with Crippen LogP contribution in [0, 0.1) is 11.3 Å². The molecule has 0 aromatic carbocycles. The van der Waals surface area contributed by atoms with Gasteiger partial charge in [-0.3, -0.25) is 4.79 Å². The zero-order chi connectivity index (χ0) is 15.6. The average Bonchev–Trinajstić information content (AvgIpc) is 2.92. The van der Waals surface area contributed by atoms with Crippen molar-refractivity contribution in [1.29, 1.82) is 5.26 Å². The zero-order valence-electron chi connectivity index (χ0n) is 11.1. The van der Waals surface area contributed by atoms with Crippen molar-refractivity contribution < 1.29 is 23.1 Å². The third-order valence-electron chi connectivity index (χ3n) is 3.30. The minimum atomic E-state index is -4.13. The molecule has 1 aromatic rings. The first kappa shape index (κ1) is 15.4. The quantitative estimate of drug-likeness (QED) is 0.818. The third-order valence-corrected chi connectivity index (χ3v) is 5.21. The van der Waals surface area contributed by atoms with Crippen LogP contribution in [0.15, 0.2) is 23.2 Å². The van der Waals surface area contributed by atoms with Crippen LogP contribution in [0.1, 0.15) is 12.1 Å². The minimum absolute atomic E-state index is 0.0627. The fraction of sp³-hybridized carbons (Fsp3) is 0.417. The molecule has 8 nitrogen and oxygen atoms in total. The Kier molecular flexibility index (Phi) is 4.22. The number of sulfonamides is 1. The molecular weight excluding hydrogens is 298 g/mol. The zero-order valence-corrected chi connectivity index (χ0v) is 11.9. The van der Waals surface area contributed by atoms with Gasteiger partial charge in [0.25, 0.3) is 0 Å². The fourth-order valence-electron chi connectivity index (χ4n) is 2.24. The van der Waals surface area contributed by atoms with Gasteiger partial charge in [-0.15, -0.1) is 0 Å². The van der Waals surface area contributed by atoms with Crippen molar-refractivity contribution in [2.45, 2.75) is 23.5 Å². The predicted octanol–water partition coefficient (Wildman–Crippen LogP) is -0.184. The van der Waals surface area contributed by atoms with Gasteiger partial charge in [-0.1, -0.05) is 0 Å². The lowest BCUT2D eigenvalue weighted by Gasteiger charge is -2.20. The molecule has 1 aliphatic heterocycles. The summed E-state index contributed by atoms with van der Waals surface area (Å²) in [5.74, 6) is -1.25. The Balaban J connectivity index is 2.48. The van der Waals surface area contributed by atoms with Crippen LogP contribution >= 0.6 is 0 Å². The topological polar surface area (TPSA) is 121 Å². The van der Waals surface area contributed by atoms with Gasteiger partial charge in [-0.05, 0) is 12.1 Å². The van der Waals surface area contributed by atoms with E-state index in [4.69, 9.17) is 10.00 Å². The predicted molar refractivity (Wildman–Crippen MR) is 69.7 cm³/mol. The number of nitriles is 1. The maximum atomic E-state index is 12.6. The van der Waals surface area contributed by atoms with Crippen LogP contribution in [0.5, 0.6) is 0 Å². The number of hydrogen-bond acceptors (Lipinski definition) is 6. The SMILES string of the molecule is COC1CC(C(=O)O)N(S(=O)(=O)c2cccnc2C#N)C1. The molecule has 2 atom stereocenters. The standard InChI is InChI=1S/C12H13N3O5S/c1-20-8-5-10(12(16)17)15(7-8)21(18,19)11-3-2-4-14-9(11)6-13/h2-4,8,10H,5,7H2,1H3,(H,16,17). The Morgan fingerprint density at radius 1 is 1.62 bits per heavy atom. The van der Waals surface area contributed by atoms with Crippen LogP contribution in [0.4, 0.5) is 0 Å². The fourth-order valence-corrected chi connectivity index (χ4v) is 3.96. The highest BCUT2D eigenvalue weighted by Crippen LogP contribution is 2.28. The number of rotatable bonds is 4. The molecule has 0 bridgehead atoms. The van der Waals surface area contributed by atoms with Crippen LogP contribution in [0.25, 0.3) is 0 Å². The number of hydrogen-bond donors (Lipinski definition) is 1. The van der Waals surface area contributed by atoms with Gasteiger partial charge in [0.05, 0.1) is 6.10 Å². The lowest BCUT2D eigenvalue weighted by atomic mass is 10.2. The van der Waals surface area contributed by atoms with E-state index < -0.39 is 28.1 Å². The van der Waals surface area contributed by atoms with Crippen LogP contribution < -0.4 is 0 Å². The highest BCUT2D eigenvalue weighted by atomic mass is 32.2. The van der Waals surface area contributed by atoms with Gasteiger partial charge < -0.3 is 9.84 Å². The molecule has 0 spiro atoms. The van der Waals surface area contributed by atoms with E-state index in [9.17, 15) is 18.3 Å². The van der Waals surface area contributed by atoms with E-state index in [0.29, 0.717) is 0 Å². The van der Waals surface area contributed by atoms with E-state index in [-0.39, 0.29) is 23.6 Å². The van der Waals surface area contributed by atoms with E-state index in [1.54, 1.807) is 6.07 Å². The molecule has 1 saturated heterocycles. The smallest absolute Gasteiger partial charge is 0.322 e. The van der Waals surface area contributed by atoms with Crippen LogP contribution in [-0.2, 0) is 19.6 Å². The number of methoxy groups -OCH3 is 1. The first-order valence-corrected chi connectivity index (χ1v) is 7.48. The Hall–Kier alpha value is -2.02. The van der Waals surface area contributed by atoms with Crippen molar-refractivity contribution in [3.05, 3.63) is 24.0 Å². The molecule has 2 heterocycles. The number of carboxylic acid groups (broad SMARTS) is 1. The molecule has 2 unspecified atom stereocenters. The Morgan fingerprint density at radius 2 is 2.33 bits per heavy atom. The molecule has 112 valence electrons. The maximum Gasteiger partial charge on any atom is 0.322 e. The number of carbonyl (C=O) groups is 1. The summed E-state index contributed by atoms with van der Waals surface area (Å²) < 4.78 is 31.1. The summed E-state index contributed by atoms with van der Waals surface area (Å²) in [6.07, 6.45) is 0.865. The van der Waals surface area contributed by atoms with Crippen molar-refractivity contribution in [3.63, 3.8) is 0 Å². The summed E-state index contributed by atoms with van der Waals surface area (Å²) in [6.45, 7) is -0.0738. The number of aliphatic carboxylic acids is 1. The monoisotopic (exact) mass is 311 g/mol. The lowest BCUT2D eigenvalue weighted by Crippen LogP contribution is -2.40. The normalized spacial score (nSPS) is 22.9. The van der Waals surface area contributed by atoms with Gasteiger partial charge in [-0.25, -0.2) is 13.4 Å². The molecule has 1 aliphatic rings. The van der Waals surface area contributed by atoms with E-state index >= 15 is 0 Å². The molecule has 0 aliphatic carbocycles. The maximum absolute atomic E-state index is 12.6. The second-order valence-corrected chi connectivity index (χ2v) is 6.34. The first-order chi connectivity index (χ1) is 9.91. The highest BCUT2D eigenvalue weighted by molar-refractivity contribution is 7.89. The minimum Gasteiger partial charge on any atom is -0.480 e. The molecule has 0 radical (unpaired) electrons. The third kappa shape index (κ3) is 2.73. The summed E-state index contributed by atoms with van der Waals surface area (Å²) >= 11 is 0. The van der Waals surface area contributed by atoms with Crippen molar-refractivity contribution in [2.24, 2.45) is 0 Å². The summed E-state index contributed by atoms with van der Waals surface area (Å²) in [5, 5.41) is 18.2. The van der Waals surface area contributed by atoms with Gasteiger partial charge in [0.1, 0.15) is 17.0 Å². The van der Waals surface area contributed by atoms with Gasteiger partial charge in [-0.2, -0.15) is 9.57 Å². The molecule has 0 amide bonds. The van der Waals surface area contributed by atoms with E-state index in [0.717, 1.165) is 4.31 Å². The molecule has 1 N–H and O–H groups in total. The van der Waals surface area contributed by atoms with Crippen molar-refractivity contribution in [2.75, 3.05) is 13.7 Å². The largest absolute Gasteiger partial charge is 0.480 e. The van der Waals surface area contributed by atoms with Crippen LogP contribution in [0.2, 0.25) is 0 Å². The van der Waals surface area contributed by atoms with E-state index in [1.165, 1.54) is 25.4 Å². The Bertz CT molecular complexity index is 697. The van der Waals surface area contributed by atoms with Gasteiger partial charge >= 0.3 is 5.97 Å². The van der Waals surface area contributed by atoms with E-state index in [1.807, 2.05) is 0 Å². The summed E-state index contributed by atoms with van der Waals surface area (Å²) in [5.41, 5.74) is -0.262. The van der Waals surface area contributed by atoms with Crippen molar-refractivity contribution in [3.8, 4) is 6.07 Å². The second-order valence-electron chi connectivity index (χ2n) is 4.48. The summed E-state index contributed by atoms with van der Waals surface area (Å²) in [6, 6.07) is 3.10. The van der Waals surface area contributed by atoms with Gasteiger partial charge in [0.2, 0.25) is 10.0 Å². The average molecular weight is 311 g/mol. The number of pyridine rings is 1. The summed E-state index contributed by atoms with van der Waals surface area (Å²) in [4.78, 5) is 14.7. The van der Waals surface area contributed by atoms with Crippen LogP contribution in [-0.4, -0.2) is 54.6 Å². The number of ether oxygens (including phenoxy) is 1. The molecule has 2 rings (SSSR count). The second kappa shape index (κ2) is 5.77. The summed E-state index contributed by atoms with van der Waals surface area (Å²) in [7, 11) is -2.74. The number of nitrogens with zero attached hydrogens (tertiary/aromatic N) is 3. The number of carboxylic acids is 1. The molecule has 1 aromatic heterocycles. The Morgan fingerprint density at radius 3 is 2.90 bits per heavy atom. The molecule has 21 heavy (non-hydrogen) atoms. The molecule has 9 heteroatoms. The molecule has 1 fully saturated rings. The highest BCUT2D eigenvalue weighted by Gasteiger charge is 2.45. The van der Waals surface area contributed by atoms with Gasteiger partial charge in [0.15, 0.2) is 5.69 Å². The first-order valence-electron chi connectivity index (χ1n) is 6.04. The Labute approximate surface area is 121 Å². The lowest BCUT2D eigenvalue weighted by molar-refractivity contribution is -0.140. The van der Waals surface area contributed by atoms with Crippen LogP contribution in [0.3, 0.4) is 0 Å². The molecule has 0 saturated carbocycles. The van der Waals surface area contributed by atoms with Gasteiger partial charge in [0, 0.05) is 26.3 Å². The molecular formula is C12H13N3O5S. The van der Waals surface area contributed by atoms with Crippen molar-refractivity contribution in [1.82, 2.24) is 9.29 Å².